The molecular formula is C16H17ClN2O2. The van der Waals surface area contributed by atoms with Gasteiger partial charge < -0.3 is 4.74 Å². The maximum atomic E-state index is 6.09. The molecule has 2 heterocycles. The third-order valence-electron chi connectivity index (χ3n) is 3.41. The molecule has 0 spiro atoms. The van der Waals surface area contributed by atoms with E-state index in [1.807, 2.05) is 54.6 Å². The summed E-state index contributed by atoms with van der Waals surface area (Å²) in [6, 6.07) is 11.7. The van der Waals surface area contributed by atoms with Crippen LogP contribution in [0.4, 0.5) is 5.69 Å². The van der Waals surface area contributed by atoms with Gasteiger partial charge in [-0.3, -0.25) is 4.98 Å². The number of ether oxygens (including phenoxy) is 1. The van der Waals surface area contributed by atoms with Crippen LogP contribution in [0.3, 0.4) is 0 Å². The molecule has 1 saturated heterocycles. The molecule has 0 bridgehead atoms. The predicted octanol–water partition coefficient (Wildman–Crippen LogP) is 3.98. The summed E-state index contributed by atoms with van der Waals surface area (Å²) in [7, 11) is 0. The number of nitrogens with zero attached hydrogens (tertiary/aromatic N) is 2. The minimum atomic E-state index is -0.251. The molecule has 0 radical (unpaired) electrons. The van der Waals surface area contributed by atoms with Gasteiger partial charge in [0.05, 0.1) is 11.7 Å². The van der Waals surface area contributed by atoms with Crippen molar-refractivity contribution >= 4 is 17.3 Å². The van der Waals surface area contributed by atoms with E-state index in [1.165, 1.54) is 0 Å². The second-order valence-electron chi connectivity index (χ2n) is 4.83. The minimum Gasteiger partial charge on any atom is -0.350 e. The lowest BCUT2D eigenvalue weighted by Gasteiger charge is -2.24. The Morgan fingerprint density at radius 1 is 1.38 bits per heavy atom. The number of rotatable bonds is 4. The van der Waals surface area contributed by atoms with E-state index in [0.29, 0.717) is 11.6 Å². The van der Waals surface area contributed by atoms with Crippen molar-refractivity contribution in [1.29, 1.82) is 0 Å². The molecule has 0 aliphatic carbocycles. The van der Waals surface area contributed by atoms with Gasteiger partial charge in [-0.25, -0.2) is 9.90 Å². The summed E-state index contributed by atoms with van der Waals surface area (Å²) in [4.78, 5) is 10.1. The number of hydroxylamine groups is 1. The monoisotopic (exact) mass is 304 g/mol. The normalized spacial score (nSPS) is 21.7. The molecule has 2 aromatic rings. The lowest BCUT2D eigenvalue weighted by molar-refractivity contribution is -0.115. The van der Waals surface area contributed by atoms with Crippen molar-refractivity contribution in [3.8, 4) is 0 Å². The first-order valence-corrected chi connectivity index (χ1v) is 7.39. The first-order valence-electron chi connectivity index (χ1n) is 7.01. The standard InChI is InChI=1S/C16H17ClN2O2/c1-2-20-16-10-15(12-5-4-8-18-11-12)19(21-16)14-7-3-6-13(17)9-14/h3-9,11,15-16H,2,10H2,1H3. The van der Waals surface area contributed by atoms with Crippen LogP contribution in [-0.2, 0) is 9.57 Å². The molecule has 5 heteroatoms. The van der Waals surface area contributed by atoms with Crippen LogP contribution < -0.4 is 5.06 Å². The third kappa shape index (κ3) is 3.18. The highest BCUT2D eigenvalue weighted by atomic mass is 35.5. The fourth-order valence-electron chi connectivity index (χ4n) is 2.50. The van der Waals surface area contributed by atoms with Crippen LogP contribution >= 0.6 is 11.6 Å². The maximum absolute atomic E-state index is 6.09. The van der Waals surface area contributed by atoms with Gasteiger partial charge in [0.25, 0.3) is 0 Å². The Kier molecular flexibility index (Phi) is 4.39. The van der Waals surface area contributed by atoms with Gasteiger partial charge in [0.15, 0.2) is 6.29 Å². The molecule has 2 unspecified atom stereocenters. The Morgan fingerprint density at radius 3 is 3.00 bits per heavy atom. The summed E-state index contributed by atoms with van der Waals surface area (Å²) < 4.78 is 5.62. The van der Waals surface area contributed by atoms with Crippen molar-refractivity contribution in [1.82, 2.24) is 4.98 Å². The summed E-state index contributed by atoms with van der Waals surface area (Å²) in [6.07, 6.45) is 4.13. The predicted molar refractivity (Wildman–Crippen MR) is 82.0 cm³/mol. The molecule has 1 aromatic carbocycles. The lowest BCUT2D eigenvalue weighted by atomic mass is 10.1. The Labute approximate surface area is 129 Å². The smallest absolute Gasteiger partial charge is 0.186 e. The number of pyridine rings is 1. The summed E-state index contributed by atoms with van der Waals surface area (Å²) in [6.45, 7) is 2.58. The van der Waals surface area contributed by atoms with Crippen LogP contribution in [0.5, 0.6) is 0 Å². The molecule has 1 aliphatic rings. The van der Waals surface area contributed by atoms with Crippen LogP contribution in [0.2, 0.25) is 5.02 Å². The molecule has 3 rings (SSSR count). The van der Waals surface area contributed by atoms with Crippen LogP contribution in [0.25, 0.3) is 0 Å². The van der Waals surface area contributed by atoms with E-state index in [4.69, 9.17) is 21.2 Å². The van der Waals surface area contributed by atoms with E-state index in [9.17, 15) is 0 Å². The van der Waals surface area contributed by atoms with Crippen LogP contribution in [0, 0.1) is 0 Å². The zero-order chi connectivity index (χ0) is 14.7. The van der Waals surface area contributed by atoms with Gasteiger partial charge in [-0.05, 0) is 36.8 Å². The van der Waals surface area contributed by atoms with E-state index in [1.54, 1.807) is 6.20 Å². The van der Waals surface area contributed by atoms with Crippen molar-refractivity contribution in [2.24, 2.45) is 0 Å². The summed E-state index contributed by atoms with van der Waals surface area (Å²) >= 11 is 6.09. The summed E-state index contributed by atoms with van der Waals surface area (Å²) in [5.74, 6) is 0. The third-order valence-corrected chi connectivity index (χ3v) is 3.65. The van der Waals surface area contributed by atoms with Gasteiger partial charge in [0.2, 0.25) is 0 Å². The van der Waals surface area contributed by atoms with Gasteiger partial charge in [-0.1, -0.05) is 23.7 Å². The van der Waals surface area contributed by atoms with Crippen molar-refractivity contribution in [3.05, 3.63) is 59.4 Å². The first kappa shape index (κ1) is 14.3. The van der Waals surface area contributed by atoms with E-state index in [-0.39, 0.29) is 12.3 Å². The Morgan fingerprint density at radius 2 is 2.29 bits per heavy atom. The number of hydrogen-bond acceptors (Lipinski definition) is 4. The van der Waals surface area contributed by atoms with Gasteiger partial charge in [-0.2, -0.15) is 0 Å². The van der Waals surface area contributed by atoms with E-state index in [0.717, 1.165) is 17.7 Å². The molecule has 0 amide bonds. The van der Waals surface area contributed by atoms with Crippen molar-refractivity contribution in [2.75, 3.05) is 11.7 Å². The van der Waals surface area contributed by atoms with Gasteiger partial charge in [0, 0.05) is 30.4 Å². The molecule has 4 nitrogen and oxygen atoms in total. The highest BCUT2D eigenvalue weighted by Gasteiger charge is 2.35. The average molecular weight is 305 g/mol. The summed E-state index contributed by atoms with van der Waals surface area (Å²) in [5, 5.41) is 2.55. The highest BCUT2D eigenvalue weighted by molar-refractivity contribution is 6.30. The zero-order valence-electron chi connectivity index (χ0n) is 11.8. The average Bonchev–Trinajstić information content (AvgIpc) is 2.93. The van der Waals surface area contributed by atoms with Gasteiger partial charge in [-0.15, -0.1) is 0 Å². The second-order valence-corrected chi connectivity index (χ2v) is 5.27. The molecule has 0 N–H and O–H groups in total. The fourth-order valence-corrected chi connectivity index (χ4v) is 2.69. The van der Waals surface area contributed by atoms with Gasteiger partial charge in [0.1, 0.15) is 0 Å². The van der Waals surface area contributed by atoms with Crippen LogP contribution in [-0.4, -0.2) is 17.9 Å². The van der Waals surface area contributed by atoms with Crippen molar-refractivity contribution < 1.29 is 9.57 Å². The van der Waals surface area contributed by atoms with E-state index >= 15 is 0 Å². The number of aromatic nitrogens is 1. The molecule has 21 heavy (non-hydrogen) atoms. The molecule has 1 fully saturated rings. The Hall–Kier alpha value is -1.62. The molecular weight excluding hydrogens is 288 g/mol. The zero-order valence-corrected chi connectivity index (χ0v) is 12.5. The first-order chi connectivity index (χ1) is 10.3. The molecule has 0 saturated carbocycles. The molecule has 1 aliphatic heterocycles. The Bertz CT molecular complexity index is 594. The van der Waals surface area contributed by atoms with Crippen LogP contribution in [0.15, 0.2) is 48.8 Å². The van der Waals surface area contributed by atoms with Crippen LogP contribution in [0.1, 0.15) is 24.9 Å². The van der Waals surface area contributed by atoms with E-state index in [2.05, 4.69) is 4.98 Å². The minimum absolute atomic E-state index is 0.0636. The van der Waals surface area contributed by atoms with Gasteiger partial charge >= 0.3 is 0 Å². The van der Waals surface area contributed by atoms with E-state index < -0.39 is 0 Å². The lowest BCUT2D eigenvalue weighted by Crippen LogP contribution is -2.22. The summed E-state index contributed by atoms with van der Waals surface area (Å²) in [5.41, 5.74) is 2.01. The highest BCUT2D eigenvalue weighted by Crippen LogP contribution is 2.38. The topological polar surface area (TPSA) is 34.6 Å². The van der Waals surface area contributed by atoms with Crippen molar-refractivity contribution in [2.45, 2.75) is 25.7 Å². The number of benzene rings is 1. The molecule has 1 aromatic heterocycles. The molecule has 2 atom stereocenters. The maximum Gasteiger partial charge on any atom is 0.186 e. The Balaban J connectivity index is 1.91. The number of hydrogen-bond donors (Lipinski definition) is 0. The molecule has 110 valence electrons. The van der Waals surface area contributed by atoms with Crippen molar-refractivity contribution in [3.63, 3.8) is 0 Å². The largest absolute Gasteiger partial charge is 0.350 e. The number of anilines is 1. The second kappa shape index (κ2) is 6.43. The SMILES string of the molecule is CCOC1CC(c2cccnc2)N(c2cccc(Cl)c2)O1. The quantitative estimate of drug-likeness (QED) is 0.855. The fraction of sp³-hybridized carbons (Fsp3) is 0.312. The number of halogens is 1.